The molecule has 0 aliphatic carbocycles. The zero-order chi connectivity index (χ0) is 13.0. The summed E-state index contributed by atoms with van der Waals surface area (Å²) in [6.45, 7) is 5.78. The minimum absolute atomic E-state index is 0. The molecule has 1 radical (unpaired) electrons. The van der Waals surface area contributed by atoms with Gasteiger partial charge in [-0.05, 0) is 24.6 Å². The Labute approximate surface area is 134 Å². The first kappa shape index (κ1) is 21.7. The van der Waals surface area contributed by atoms with Crippen LogP contribution < -0.4 is 0 Å². The summed E-state index contributed by atoms with van der Waals surface area (Å²) in [5.74, 6) is 0. The molecule has 0 bridgehead atoms. The van der Waals surface area contributed by atoms with Gasteiger partial charge in [-0.25, -0.2) is 0 Å². The van der Waals surface area contributed by atoms with Crippen LogP contribution in [-0.4, -0.2) is 13.2 Å². The van der Waals surface area contributed by atoms with Gasteiger partial charge in [0.1, 0.15) is 0 Å². The molecule has 0 aliphatic heterocycles. The van der Waals surface area contributed by atoms with E-state index in [0.717, 1.165) is 12.8 Å². The molecular weight excluding hydrogens is 335 g/mol. The van der Waals surface area contributed by atoms with Crippen molar-refractivity contribution in [1.29, 1.82) is 0 Å². The Kier molecular flexibility index (Phi) is 17.9. The quantitative estimate of drug-likeness (QED) is 0.219. The molecule has 0 atom stereocenters. The Morgan fingerprint density at radius 2 is 1.22 bits per heavy atom. The van der Waals surface area contributed by atoms with Crippen molar-refractivity contribution in [2.45, 2.75) is 65.2 Å². The van der Waals surface area contributed by atoms with Crippen molar-refractivity contribution in [1.82, 2.24) is 0 Å². The third-order valence-corrected chi connectivity index (χ3v) is 4.85. The first-order valence-corrected chi connectivity index (χ1v) is 10.5. The minimum Gasteiger partial charge on any atom is -0.322 e. The summed E-state index contributed by atoms with van der Waals surface area (Å²) in [6, 6.07) is 0. The van der Waals surface area contributed by atoms with E-state index in [1.807, 2.05) is 0 Å². The van der Waals surface area contributed by atoms with Crippen LogP contribution in [0, 0.1) is 0 Å². The summed E-state index contributed by atoms with van der Waals surface area (Å²) in [7, 11) is 0. The fourth-order valence-electron chi connectivity index (χ4n) is 1.45. The zero-order valence-electron chi connectivity index (χ0n) is 11.5. The Balaban J connectivity index is 0. The Bertz CT molecular complexity index is 200. The molecule has 0 saturated heterocycles. The number of hydrogen-bond donors (Lipinski definition) is 1. The average Bonchev–Trinajstić information content (AvgIpc) is 2.28. The summed E-state index contributed by atoms with van der Waals surface area (Å²) in [4.78, 5) is 0. The molecule has 0 rings (SSSR count). The van der Waals surface area contributed by atoms with Gasteiger partial charge in [-0.15, -0.1) is 0 Å². The summed E-state index contributed by atoms with van der Waals surface area (Å²) >= 11 is 9.55. The van der Waals surface area contributed by atoms with Gasteiger partial charge in [0, 0.05) is 17.1 Å². The van der Waals surface area contributed by atoms with Crippen molar-refractivity contribution >= 4 is 29.7 Å². The third kappa shape index (κ3) is 15.5. The second kappa shape index (κ2) is 14.8. The fourth-order valence-corrected chi connectivity index (χ4v) is 3.19. The predicted octanol–water partition coefficient (Wildman–Crippen LogP) is 5.33. The molecule has 0 spiro atoms. The van der Waals surface area contributed by atoms with E-state index in [1.54, 1.807) is 0 Å². The molecule has 0 N–H and O–H groups in total. The Morgan fingerprint density at radius 3 is 1.56 bits per heavy atom. The van der Waals surface area contributed by atoms with Crippen molar-refractivity contribution in [2.75, 3.05) is 13.2 Å². The van der Waals surface area contributed by atoms with E-state index < -0.39 is 5.69 Å². The number of thiol groups is 1. The second-order valence-electron chi connectivity index (χ2n) is 4.26. The van der Waals surface area contributed by atoms with Crippen LogP contribution in [-0.2, 0) is 37.9 Å². The van der Waals surface area contributed by atoms with Crippen molar-refractivity contribution in [3.63, 3.8) is 0 Å². The molecule has 18 heavy (non-hydrogen) atoms. The molecular formula is C12H27CuO2PS2. The van der Waals surface area contributed by atoms with Gasteiger partial charge in [0.05, 0.1) is 13.2 Å². The second-order valence-corrected chi connectivity index (χ2v) is 9.54. The molecule has 0 heterocycles. The summed E-state index contributed by atoms with van der Waals surface area (Å²) < 4.78 is 11.1. The normalized spacial score (nSPS) is 11.3. The van der Waals surface area contributed by atoms with Crippen LogP contribution in [0.15, 0.2) is 0 Å². The molecule has 0 aromatic carbocycles. The van der Waals surface area contributed by atoms with Gasteiger partial charge < -0.3 is 9.05 Å². The van der Waals surface area contributed by atoms with Crippen LogP contribution in [0.25, 0.3) is 0 Å². The number of rotatable bonds is 12. The monoisotopic (exact) mass is 361 g/mol. The van der Waals surface area contributed by atoms with Crippen LogP contribution >= 0.6 is 17.9 Å². The van der Waals surface area contributed by atoms with Crippen LogP contribution in [0.2, 0.25) is 0 Å². The maximum Gasteiger partial charge on any atom is 0.244 e. The van der Waals surface area contributed by atoms with E-state index in [9.17, 15) is 0 Å². The zero-order valence-corrected chi connectivity index (χ0v) is 15.0. The Hall–Kier alpha value is 1.44. The van der Waals surface area contributed by atoms with Crippen molar-refractivity contribution < 1.29 is 26.1 Å². The van der Waals surface area contributed by atoms with Crippen molar-refractivity contribution in [3.8, 4) is 0 Å². The molecule has 0 aromatic heterocycles. The fraction of sp³-hybridized carbons (Fsp3) is 1.00. The van der Waals surface area contributed by atoms with Crippen molar-refractivity contribution in [2.24, 2.45) is 0 Å². The van der Waals surface area contributed by atoms with E-state index in [2.05, 4.69) is 26.1 Å². The SMILES string of the molecule is CCCCCCOP(=S)(S)OCCCCCC.[Cu]. The molecule has 2 nitrogen and oxygen atoms in total. The van der Waals surface area contributed by atoms with Crippen molar-refractivity contribution in [3.05, 3.63) is 0 Å². The van der Waals surface area contributed by atoms with E-state index in [-0.39, 0.29) is 17.1 Å². The largest absolute Gasteiger partial charge is 0.322 e. The average molecular weight is 362 g/mol. The third-order valence-electron chi connectivity index (χ3n) is 2.50. The van der Waals surface area contributed by atoms with E-state index >= 15 is 0 Å². The first-order chi connectivity index (χ1) is 8.12. The molecule has 0 saturated carbocycles. The molecule has 6 heteroatoms. The van der Waals surface area contributed by atoms with E-state index in [0.29, 0.717) is 13.2 Å². The molecule has 0 aromatic rings. The smallest absolute Gasteiger partial charge is 0.244 e. The summed E-state index contributed by atoms with van der Waals surface area (Å²) in [5.41, 5.74) is -2.26. The topological polar surface area (TPSA) is 18.5 Å². The van der Waals surface area contributed by atoms with Crippen LogP contribution in [0.5, 0.6) is 0 Å². The molecule has 115 valence electrons. The van der Waals surface area contributed by atoms with Gasteiger partial charge in [0.15, 0.2) is 0 Å². The van der Waals surface area contributed by atoms with Crippen LogP contribution in [0.4, 0.5) is 0 Å². The van der Waals surface area contributed by atoms with Gasteiger partial charge >= 0.3 is 0 Å². The number of hydrogen-bond acceptors (Lipinski definition) is 3. The van der Waals surface area contributed by atoms with Gasteiger partial charge in [-0.2, -0.15) is 0 Å². The standard InChI is InChI=1S/C12H27O2PS2.Cu/c1-3-5-7-9-11-13-15(16,17)14-12-10-8-6-4-2;/h3-12H2,1-2H3,(H,16,17);. The number of unbranched alkanes of at least 4 members (excludes halogenated alkanes) is 6. The molecule has 0 aliphatic rings. The minimum atomic E-state index is -2.26. The van der Waals surface area contributed by atoms with E-state index in [4.69, 9.17) is 20.9 Å². The van der Waals surface area contributed by atoms with Crippen LogP contribution in [0.3, 0.4) is 0 Å². The maximum atomic E-state index is 5.55. The van der Waals surface area contributed by atoms with Gasteiger partial charge in [0.2, 0.25) is 5.69 Å². The summed E-state index contributed by atoms with van der Waals surface area (Å²) in [5, 5.41) is 0. The van der Waals surface area contributed by atoms with Gasteiger partial charge in [0.25, 0.3) is 0 Å². The van der Waals surface area contributed by atoms with Crippen LogP contribution in [0.1, 0.15) is 65.2 Å². The predicted molar refractivity (Wildman–Crippen MR) is 83.5 cm³/mol. The maximum absolute atomic E-state index is 5.55. The Morgan fingerprint density at radius 1 is 0.833 bits per heavy atom. The summed E-state index contributed by atoms with van der Waals surface area (Å²) in [6.07, 6.45) is 9.53. The van der Waals surface area contributed by atoms with Gasteiger partial charge in [-0.3, -0.25) is 0 Å². The first-order valence-electron chi connectivity index (χ1n) is 6.74. The van der Waals surface area contributed by atoms with E-state index in [1.165, 1.54) is 38.5 Å². The molecule has 0 fully saturated rings. The molecule has 0 amide bonds. The van der Waals surface area contributed by atoms with Gasteiger partial charge in [-0.1, -0.05) is 64.6 Å². The molecule has 0 unspecified atom stereocenters.